The Bertz CT molecular complexity index is 824. The van der Waals surface area contributed by atoms with Gasteiger partial charge in [-0.1, -0.05) is 29.4 Å². The highest BCUT2D eigenvalue weighted by Crippen LogP contribution is 2.19. The molecule has 0 aliphatic carbocycles. The molecule has 0 saturated carbocycles. The van der Waals surface area contributed by atoms with Crippen LogP contribution in [0.25, 0.3) is 0 Å². The van der Waals surface area contributed by atoms with Gasteiger partial charge in [0.2, 0.25) is 5.91 Å². The van der Waals surface area contributed by atoms with E-state index in [1.165, 1.54) is 31.4 Å². The van der Waals surface area contributed by atoms with E-state index >= 15 is 0 Å². The summed E-state index contributed by atoms with van der Waals surface area (Å²) < 4.78 is 31.4. The lowest BCUT2D eigenvalue weighted by Gasteiger charge is -2.24. The largest absolute Gasteiger partial charge is 0.390 e. The summed E-state index contributed by atoms with van der Waals surface area (Å²) in [7, 11) is 1.45. The third kappa shape index (κ3) is 5.10. The molecule has 0 N–H and O–H groups in total. The number of halogens is 2. The summed E-state index contributed by atoms with van der Waals surface area (Å²) >= 11 is 0. The van der Waals surface area contributed by atoms with Crippen molar-refractivity contribution in [2.75, 3.05) is 20.3 Å². The first-order chi connectivity index (χ1) is 13.0. The van der Waals surface area contributed by atoms with Crippen LogP contribution in [0.5, 0.6) is 0 Å². The fourth-order valence-electron chi connectivity index (χ4n) is 2.89. The number of ether oxygens (including phenoxy) is 1. The van der Waals surface area contributed by atoms with Gasteiger partial charge in [-0.25, -0.2) is 8.78 Å². The molecule has 1 unspecified atom stereocenters. The Morgan fingerprint density at radius 1 is 1.22 bits per heavy atom. The summed E-state index contributed by atoms with van der Waals surface area (Å²) in [6.45, 7) is 0.533. The van der Waals surface area contributed by atoms with E-state index in [0.29, 0.717) is 30.8 Å². The molecule has 0 fully saturated rings. The fraction of sp³-hybridized carbons (Fsp3) is 0.300. The number of rotatable bonds is 7. The van der Waals surface area contributed by atoms with E-state index in [0.717, 1.165) is 5.56 Å². The normalized spacial score (nSPS) is 16.0. The molecule has 0 bridgehead atoms. The van der Waals surface area contributed by atoms with Crippen LogP contribution in [0.1, 0.15) is 17.5 Å². The van der Waals surface area contributed by atoms with Crippen LogP contribution in [0.2, 0.25) is 0 Å². The first-order valence-corrected chi connectivity index (χ1v) is 8.55. The van der Waals surface area contributed by atoms with Gasteiger partial charge < -0.3 is 14.5 Å². The summed E-state index contributed by atoms with van der Waals surface area (Å²) in [5, 5.41) is 4.04. The number of carbonyl (C=O) groups is 1. The predicted molar refractivity (Wildman–Crippen MR) is 96.1 cm³/mol. The average molecular weight is 374 g/mol. The third-order valence-corrected chi connectivity index (χ3v) is 4.22. The minimum atomic E-state index is -0.343. The van der Waals surface area contributed by atoms with Gasteiger partial charge in [-0.3, -0.25) is 4.79 Å². The van der Waals surface area contributed by atoms with Crippen LogP contribution in [0.15, 0.2) is 53.7 Å². The minimum Gasteiger partial charge on any atom is -0.390 e. The summed E-state index contributed by atoms with van der Waals surface area (Å²) in [5.41, 5.74) is 2.09. The van der Waals surface area contributed by atoms with Gasteiger partial charge in [0.15, 0.2) is 6.10 Å². The van der Waals surface area contributed by atoms with Gasteiger partial charge in [0.1, 0.15) is 18.2 Å². The zero-order chi connectivity index (χ0) is 19.2. The maximum absolute atomic E-state index is 13.4. The standard InChI is InChI=1S/C20H20F2N2O3/c1-26-13-20(25)24(11-14-5-7-16(21)8-6-14)12-18-10-19(23-27-18)15-3-2-4-17(22)9-15/h2-9,18H,10-13H2,1H3. The lowest BCUT2D eigenvalue weighted by molar-refractivity contribution is -0.137. The Morgan fingerprint density at radius 2 is 2.00 bits per heavy atom. The fourth-order valence-corrected chi connectivity index (χ4v) is 2.89. The van der Waals surface area contributed by atoms with Crippen molar-refractivity contribution in [3.8, 4) is 0 Å². The number of oxime groups is 1. The van der Waals surface area contributed by atoms with E-state index < -0.39 is 0 Å². The Hall–Kier alpha value is -2.80. The van der Waals surface area contributed by atoms with Gasteiger partial charge in [-0.05, 0) is 29.8 Å². The highest BCUT2D eigenvalue weighted by Gasteiger charge is 2.27. The topological polar surface area (TPSA) is 51.1 Å². The zero-order valence-corrected chi connectivity index (χ0v) is 14.9. The van der Waals surface area contributed by atoms with E-state index in [4.69, 9.17) is 9.57 Å². The first-order valence-electron chi connectivity index (χ1n) is 8.55. The molecule has 5 nitrogen and oxygen atoms in total. The maximum atomic E-state index is 13.4. The maximum Gasteiger partial charge on any atom is 0.248 e. The number of hydrogen-bond acceptors (Lipinski definition) is 4. The molecule has 1 aliphatic heterocycles. The quantitative estimate of drug-likeness (QED) is 0.748. The van der Waals surface area contributed by atoms with Crippen LogP contribution in [-0.4, -0.2) is 42.9 Å². The minimum absolute atomic E-state index is 0.0640. The lowest BCUT2D eigenvalue weighted by Crippen LogP contribution is -2.39. The van der Waals surface area contributed by atoms with E-state index in [-0.39, 0.29) is 30.3 Å². The Labute approximate surface area is 156 Å². The van der Waals surface area contributed by atoms with Crippen LogP contribution in [0, 0.1) is 11.6 Å². The molecule has 1 aliphatic rings. The smallest absolute Gasteiger partial charge is 0.248 e. The summed E-state index contributed by atoms with van der Waals surface area (Å²) in [4.78, 5) is 19.4. The molecule has 0 saturated heterocycles. The van der Waals surface area contributed by atoms with Crippen molar-refractivity contribution in [1.29, 1.82) is 0 Å². The number of carbonyl (C=O) groups excluding carboxylic acids is 1. The van der Waals surface area contributed by atoms with Crippen molar-refractivity contribution >= 4 is 11.6 Å². The highest BCUT2D eigenvalue weighted by atomic mass is 19.1. The Morgan fingerprint density at radius 3 is 2.70 bits per heavy atom. The third-order valence-electron chi connectivity index (χ3n) is 4.22. The van der Waals surface area contributed by atoms with E-state index in [9.17, 15) is 13.6 Å². The molecule has 142 valence electrons. The van der Waals surface area contributed by atoms with Crippen LogP contribution in [0.4, 0.5) is 8.78 Å². The zero-order valence-electron chi connectivity index (χ0n) is 14.9. The second-order valence-corrected chi connectivity index (χ2v) is 6.31. The van der Waals surface area contributed by atoms with Gasteiger partial charge in [-0.2, -0.15) is 0 Å². The van der Waals surface area contributed by atoms with Gasteiger partial charge in [-0.15, -0.1) is 0 Å². The van der Waals surface area contributed by atoms with Crippen molar-refractivity contribution in [1.82, 2.24) is 4.90 Å². The van der Waals surface area contributed by atoms with Crippen LogP contribution < -0.4 is 0 Å². The van der Waals surface area contributed by atoms with Crippen molar-refractivity contribution < 1.29 is 23.1 Å². The second-order valence-electron chi connectivity index (χ2n) is 6.31. The van der Waals surface area contributed by atoms with Crippen molar-refractivity contribution in [3.05, 3.63) is 71.3 Å². The van der Waals surface area contributed by atoms with Crippen LogP contribution in [0.3, 0.4) is 0 Å². The number of hydrogen-bond donors (Lipinski definition) is 0. The number of amides is 1. The lowest BCUT2D eigenvalue weighted by atomic mass is 10.0. The van der Waals surface area contributed by atoms with Crippen LogP contribution in [-0.2, 0) is 20.9 Å². The van der Waals surface area contributed by atoms with E-state index in [1.807, 2.05) is 0 Å². The Kier molecular flexibility index (Phi) is 6.13. The molecule has 1 atom stereocenters. The second kappa shape index (κ2) is 8.73. The van der Waals surface area contributed by atoms with Gasteiger partial charge in [0.25, 0.3) is 0 Å². The molecule has 0 spiro atoms. The monoisotopic (exact) mass is 374 g/mol. The molecule has 0 aromatic heterocycles. The van der Waals surface area contributed by atoms with E-state index in [2.05, 4.69) is 5.16 Å². The van der Waals surface area contributed by atoms with E-state index in [1.54, 1.807) is 29.2 Å². The molecular weight excluding hydrogens is 354 g/mol. The number of benzene rings is 2. The molecule has 2 aromatic carbocycles. The SMILES string of the molecule is COCC(=O)N(Cc1ccc(F)cc1)CC1CC(c2cccc(F)c2)=NO1. The summed E-state index contributed by atoms with van der Waals surface area (Å²) in [6.07, 6.45) is 0.119. The molecule has 7 heteroatoms. The van der Waals surface area contributed by atoms with Crippen molar-refractivity contribution in [3.63, 3.8) is 0 Å². The predicted octanol–water partition coefficient (Wildman–Crippen LogP) is 3.13. The Balaban J connectivity index is 1.66. The number of nitrogens with zero attached hydrogens (tertiary/aromatic N) is 2. The molecule has 1 heterocycles. The average Bonchev–Trinajstić information content (AvgIpc) is 3.12. The highest BCUT2D eigenvalue weighted by molar-refractivity contribution is 6.01. The molecule has 0 radical (unpaired) electrons. The first kappa shape index (κ1) is 19.0. The molecular formula is C20H20F2N2O3. The molecule has 3 rings (SSSR count). The molecule has 1 amide bonds. The summed E-state index contributed by atoms with van der Waals surface area (Å²) in [6, 6.07) is 12.1. The van der Waals surface area contributed by atoms with Gasteiger partial charge in [0.05, 0.1) is 12.3 Å². The number of methoxy groups -OCH3 is 1. The summed E-state index contributed by atoms with van der Waals surface area (Å²) in [5.74, 6) is -0.878. The van der Waals surface area contributed by atoms with Crippen LogP contribution >= 0.6 is 0 Å². The van der Waals surface area contributed by atoms with Crippen molar-refractivity contribution in [2.45, 2.75) is 19.1 Å². The van der Waals surface area contributed by atoms with Gasteiger partial charge in [0, 0.05) is 25.6 Å². The molecule has 27 heavy (non-hydrogen) atoms. The van der Waals surface area contributed by atoms with Crippen molar-refractivity contribution in [2.24, 2.45) is 5.16 Å². The van der Waals surface area contributed by atoms with Gasteiger partial charge >= 0.3 is 0 Å². The molecule has 2 aromatic rings.